The molecule has 5 nitrogen and oxygen atoms in total. The van der Waals surface area contributed by atoms with Gasteiger partial charge in [-0.05, 0) is 31.5 Å². The Morgan fingerprint density at radius 2 is 1.78 bits per heavy atom. The van der Waals surface area contributed by atoms with Crippen LogP contribution >= 0.6 is 0 Å². The van der Waals surface area contributed by atoms with E-state index in [1.165, 1.54) is 6.21 Å². The van der Waals surface area contributed by atoms with Gasteiger partial charge in [0.05, 0.1) is 11.5 Å². The summed E-state index contributed by atoms with van der Waals surface area (Å²) in [4.78, 5) is 4.16. The van der Waals surface area contributed by atoms with Gasteiger partial charge in [0.2, 0.25) is 10.0 Å². The van der Waals surface area contributed by atoms with Crippen LogP contribution in [0.2, 0.25) is 0 Å². The molecule has 18 heavy (non-hydrogen) atoms. The van der Waals surface area contributed by atoms with Gasteiger partial charge in [-0.2, -0.15) is 5.10 Å². The second-order valence-corrected chi connectivity index (χ2v) is 6.64. The number of hydrogen-bond acceptors (Lipinski definition) is 4. The normalized spacial score (nSPS) is 12.1. The molecule has 1 N–H and O–H groups in total. The second-order valence-electron chi connectivity index (χ2n) is 4.43. The molecule has 0 fully saturated rings. The van der Waals surface area contributed by atoms with Crippen molar-refractivity contribution in [2.24, 2.45) is 5.10 Å². The van der Waals surface area contributed by atoms with E-state index in [-0.39, 0.29) is 0 Å². The maximum absolute atomic E-state index is 11.4. The molecular weight excluding hydrogens is 250 g/mol. The third-order valence-electron chi connectivity index (χ3n) is 2.42. The van der Waals surface area contributed by atoms with Gasteiger partial charge in [-0.1, -0.05) is 12.1 Å². The minimum absolute atomic E-state index is 0.495. The minimum Gasteiger partial charge on any atom is -0.378 e. The number of nitrogens with zero attached hydrogens (tertiary/aromatic N) is 2. The van der Waals surface area contributed by atoms with Gasteiger partial charge in [-0.15, -0.1) is 0 Å². The van der Waals surface area contributed by atoms with Crippen molar-refractivity contribution in [3.8, 4) is 0 Å². The highest BCUT2D eigenvalue weighted by Gasteiger charge is 2.13. The number of hydrogen-bond donors (Lipinski definition) is 1. The highest BCUT2D eigenvalue weighted by Crippen LogP contribution is 2.10. The van der Waals surface area contributed by atoms with Crippen LogP contribution in [-0.4, -0.2) is 34.0 Å². The fourth-order valence-electron chi connectivity index (χ4n) is 1.14. The van der Waals surface area contributed by atoms with Crippen LogP contribution < -0.4 is 9.73 Å². The second kappa shape index (κ2) is 5.86. The molecule has 0 aliphatic carbocycles. The first-order valence-electron chi connectivity index (χ1n) is 5.64. The van der Waals surface area contributed by atoms with Gasteiger partial charge < -0.3 is 4.90 Å². The molecule has 0 aliphatic rings. The highest BCUT2D eigenvalue weighted by molar-refractivity contribution is 7.90. The number of benzene rings is 1. The molecule has 1 aromatic rings. The average molecular weight is 269 g/mol. The predicted molar refractivity (Wildman–Crippen MR) is 75.6 cm³/mol. The molecule has 0 aromatic heterocycles. The van der Waals surface area contributed by atoms with Crippen molar-refractivity contribution in [2.45, 2.75) is 19.1 Å². The molecule has 0 saturated carbocycles. The van der Waals surface area contributed by atoms with Gasteiger partial charge >= 0.3 is 0 Å². The summed E-state index contributed by atoms with van der Waals surface area (Å²) in [5.41, 5.74) is 1.92. The van der Waals surface area contributed by atoms with Crippen molar-refractivity contribution in [3.63, 3.8) is 0 Å². The first kappa shape index (κ1) is 14.5. The van der Waals surface area contributed by atoms with Crippen molar-refractivity contribution in [1.82, 2.24) is 4.83 Å². The summed E-state index contributed by atoms with van der Waals surface area (Å²) in [6.07, 6.45) is 1.49. The number of sulfonamides is 1. The number of hydrazone groups is 1. The zero-order chi connectivity index (χ0) is 13.8. The summed E-state index contributed by atoms with van der Waals surface area (Å²) in [7, 11) is 0.570. The van der Waals surface area contributed by atoms with Gasteiger partial charge in [0, 0.05) is 19.8 Å². The van der Waals surface area contributed by atoms with Crippen molar-refractivity contribution in [2.75, 3.05) is 19.0 Å². The van der Waals surface area contributed by atoms with Gasteiger partial charge in [0.15, 0.2) is 0 Å². The van der Waals surface area contributed by atoms with Crippen LogP contribution in [0, 0.1) is 0 Å². The van der Waals surface area contributed by atoms with Crippen LogP contribution in [0.3, 0.4) is 0 Å². The van der Waals surface area contributed by atoms with E-state index < -0.39 is 15.3 Å². The number of nitrogens with one attached hydrogen (secondary N) is 1. The molecule has 0 radical (unpaired) electrons. The van der Waals surface area contributed by atoms with Crippen molar-refractivity contribution >= 4 is 21.9 Å². The van der Waals surface area contributed by atoms with Crippen LogP contribution in [0.1, 0.15) is 19.4 Å². The molecule has 0 heterocycles. The van der Waals surface area contributed by atoms with Gasteiger partial charge in [-0.25, -0.2) is 13.2 Å². The monoisotopic (exact) mass is 269 g/mol. The largest absolute Gasteiger partial charge is 0.378 e. The molecule has 0 aliphatic heterocycles. The zero-order valence-corrected chi connectivity index (χ0v) is 11.9. The first-order valence-corrected chi connectivity index (χ1v) is 7.18. The third kappa shape index (κ3) is 4.03. The van der Waals surface area contributed by atoms with Crippen LogP contribution in [0.15, 0.2) is 29.4 Å². The fraction of sp³-hybridized carbons (Fsp3) is 0.417. The van der Waals surface area contributed by atoms with E-state index >= 15 is 0 Å². The van der Waals surface area contributed by atoms with Crippen LogP contribution in [-0.2, 0) is 10.0 Å². The topological polar surface area (TPSA) is 61.8 Å². The summed E-state index contributed by atoms with van der Waals surface area (Å²) < 4.78 is 22.9. The Balaban J connectivity index is 2.69. The van der Waals surface area contributed by atoms with E-state index in [2.05, 4.69) is 9.93 Å². The van der Waals surface area contributed by atoms with Gasteiger partial charge in [0.1, 0.15) is 0 Å². The van der Waals surface area contributed by atoms with E-state index in [1.54, 1.807) is 13.8 Å². The van der Waals surface area contributed by atoms with E-state index in [1.807, 2.05) is 43.3 Å². The Morgan fingerprint density at radius 3 is 2.22 bits per heavy atom. The summed E-state index contributed by atoms with van der Waals surface area (Å²) in [6, 6.07) is 7.64. The van der Waals surface area contributed by atoms with E-state index in [9.17, 15) is 8.42 Å². The summed E-state index contributed by atoms with van der Waals surface area (Å²) >= 11 is 0. The van der Waals surface area contributed by atoms with Crippen LogP contribution in [0.4, 0.5) is 5.69 Å². The molecule has 0 spiro atoms. The van der Waals surface area contributed by atoms with Gasteiger partial charge in [0.25, 0.3) is 0 Å². The summed E-state index contributed by atoms with van der Waals surface area (Å²) in [5, 5.41) is 3.24. The van der Waals surface area contributed by atoms with Crippen LogP contribution in [0.25, 0.3) is 0 Å². The lowest BCUT2D eigenvalue weighted by Gasteiger charge is -2.11. The molecule has 6 heteroatoms. The molecular formula is C12H19N3O2S. The SMILES string of the molecule is CC(C)S(=O)(=O)NN=Cc1ccc(N(C)C)cc1. The Bertz CT molecular complexity index is 505. The maximum Gasteiger partial charge on any atom is 0.249 e. The van der Waals surface area contributed by atoms with Crippen molar-refractivity contribution in [1.29, 1.82) is 0 Å². The molecule has 0 saturated heterocycles. The van der Waals surface area contributed by atoms with Crippen molar-refractivity contribution in [3.05, 3.63) is 29.8 Å². The smallest absolute Gasteiger partial charge is 0.249 e. The van der Waals surface area contributed by atoms with E-state index in [0.29, 0.717) is 0 Å². The average Bonchev–Trinajstić information content (AvgIpc) is 2.29. The maximum atomic E-state index is 11.4. The Morgan fingerprint density at radius 1 is 1.22 bits per heavy atom. The molecule has 1 rings (SSSR count). The Hall–Kier alpha value is -1.56. The Kier molecular flexibility index (Phi) is 4.72. The lowest BCUT2D eigenvalue weighted by Crippen LogP contribution is -2.26. The van der Waals surface area contributed by atoms with Crippen molar-refractivity contribution < 1.29 is 8.42 Å². The quantitative estimate of drug-likeness (QED) is 0.649. The summed E-state index contributed by atoms with van der Waals surface area (Å²) in [5.74, 6) is 0. The fourth-order valence-corrected chi connectivity index (χ4v) is 1.55. The minimum atomic E-state index is -3.35. The van der Waals surface area contributed by atoms with E-state index in [0.717, 1.165) is 11.3 Å². The van der Waals surface area contributed by atoms with Crippen LogP contribution in [0.5, 0.6) is 0 Å². The number of rotatable bonds is 5. The molecule has 1 aromatic carbocycles. The number of anilines is 1. The molecule has 0 atom stereocenters. The first-order chi connectivity index (χ1) is 8.33. The summed E-state index contributed by atoms with van der Waals surface area (Å²) in [6.45, 7) is 3.20. The highest BCUT2D eigenvalue weighted by atomic mass is 32.2. The molecule has 0 bridgehead atoms. The third-order valence-corrected chi connectivity index (χ3v) is 4.02. The molecule has 0 unspecified atom stereocenters. The molecule has 100 valence electrons. The predicted octanol–water partition coefficient (Wildman–Crippen LogP) is 1.41. The Labute approximate surface area is 109 Å². The lowest BCUT2D eigenvalue weighted by molar-refractivity contribution is 0.575. The van der Waals surface area contributed by atoms with Gasteiger partial charge in [-0.3, -0.25) is 0 Å². The molecule has 0 amide bonds. The lowest BCUT2D eigenvalue weighted by atomic mass is 10.2. The zero-order valence-electron chi connectivity index (χ0n) is 11.1. The van der Waals surface area contributed by atoms with E-state index in [4.69, 9.17) is 0 Å². The standard InChI is InChI=1S/C12H19N3O2S/c1-10(2)18(16,17)14-13-9-11-5-7-12(8-6-11)15(3)4/h5-10,14H,1-4H3.